The Morgan fingerprint density at radius 3 is 2.74 bits per heavy atom. The fourth-order valence-corrected chi connectivity index (χ4v) is 4.78. The molecule has 0 saturated carbocycles. The molecule has 1 saturated heterocycles. The second kappa shape index (κ2) is 8.06. The molecular formula is C19H21BrN2O4S. The van der Waals surface area contributed by atoms with Crippen LogP contribution in [-0.2, 0) is 14.3 Å². The lowest BCUT2D eigenvalue weighted by atomic mass is 9.93. The van der Waals surface area contributed by atoms with Crippen molar-refractivity contribution in [2.45, 2.75) is 38.5 Å². The van der Waals surface area contributed by atoms with Gasteiger partial charge in [-0.1, -0.05) is 34.6 Å². The number of thioether (sulfide) groups is 1. The van der Waals surface area contributed by atoms with Gasteiger partial charge in [0.1, 0.15) is 11.8 Å². The van der Waals surface area contributed by atoms with Gasteiger partial charge in [-0.25, -0.2) is 9.79 Å². The lowest BCUT2D eigenvalue weighted by Gasteiger charge is -2.33. The van der Waals surface area contributed by atoms with Crippen LogP contribution < -0.4 is 4.74 Å². The smallest absolute Gasteiger partial charge is 0.338 e. The van der Waals surface area contributed by atoms with Gasteiger partial charge in [0.15, 0.2) is 5.17 Å². The molecule has 0 radical (unpaired) electrons. The van der Waals surface area contributed by atoms with Gasteiger partial charge in [-0.3, -0.25) is 9.69 Å². The number of rotatable bonds is 5. The third-order valence-electron chi connectivity index (χ3n) is 4.50. The summed E-state index contributed by atoms with van der Waals surface area (Å²) in [5.74, 6) is 0.0713. The minimum Gasteiger partial charge on any atom is -0.496 e. The molecule has 1 aromatic rings. The van der Waals surface area contributed by atoms with E-state index in [2.05, 4.69) is 20.9 Å². The Balaban J connectivity index is 2.22. The van der Waals surface area contributed by atoms with Gasteiger partial charge in [0.05, 0.1) is 30.2 Å². The average molecular weight is 453 g/mol. The number of fused-ring (bicyclic) bond motifs is 1. The van der Waals surface area contributed by atoms with E-state index < -0.39 is 12.0 Å². The van der Waals surface area contributed by atoms with Crippen molar-refractivity contribution in [3.8, 4) is 5.75 Å². The number of benzene rings is 1. The number of nitrogens with zero attached hydrogens (tertiary/aromatic N) is 2. The van der Waals surface area contributed by atoms with Crippen LogP contribution in [0.5, 0.6) is 5.75 Å². The van der Waals surface area contributed by atoms with Gasteiger partial charge >= 0.3 is 5.97 Å². The average Bonchev–Trinajstić information content (AvgIpc) is 2.96. The largest absolute Gasteiger partial charge is 0.496 e. The maximum Gasteiger partial charge on any atom is 0.338 e. The summed E-state index contributed by atoms with van der Waals surface area (Å²) in [5, 5.41) is 0.406. The summed E-state index contributed by atoms with van der Waals surface area (Å²) in [6.07, 6.45) is 0.690. The summed E-state index contributed by atoms with van der Waals surface area (Å²) in [7, 11) is 1.57. The highest BCUT2D eigenvalue weighted by Crippen LogP contribution is 2.46. The first kappa shape index (κ1) is 19.9. The fourth-order valence-electron chi connectivity index (χ4n) is 3.27. The molecule has 3 rings (SSSR count). The minimum absolute atomic E-state index is 0.0532. The molecule has 2 aliphatic heterocycles. The van der Waals surface area contributed by atoms with Crippen LogP contribution in [0.4, 0.5) is 0 Å². The highest BCUT2D eigenvalue weighted by molar-refractivity contribution is 9.10. The van der Waals surface area contributed by atoms with E-state index >= 15 is 0 Å². The minimum atomic E-state index is -0.638. The Morgan fingerprint density at radius 2 is 2.11 bits per heavy atom. The van der Waals surface area contributed by atoms with Crippen molar-refractivity contribution in [2.75, 3.05) is 13.7 Å². The molecule has 2 aliphatic rings. The van der Waals surface area contributed by atoms with E-state index in [0.29, 0.717) is 34.2 Å². The van der Waals surface area contributed by atoms with Crippen LogP contribution in [0.2, 0.25) is 0 Å². The van der Waals surface area contributed by atoms with Crippen LogP contribution in [0, 0.1) is 0 Å². The molecule has 0 aromatic heterocycles. The van der Waals surface area contributed by atoms with Gasteiger partial charge in [-0.2, -0.15) is 0 Å². The zero-order valence-electron chi connectivity index (χ0n) is 15.6. The number of ether oxygens (including phenoxy) is 2. The molecule has 2 atom stereocenters. The molecule has 1 aromatic carbocycles. The number of carbonyl (C=O) groups is 2. The molecule has 0 spiro atoms. The molecule has 27 heavy (non-hydrogen) atoms. The molecule has 0 bridgehead atoms. The van der Waals surface area contributed by atoms with Crippen LogP contribution in [0.25, 0.3) is 0 Å². The van der Waals surface area contributed by atoms with Gasteiger partial charge in [-0.15, -0.1) is 0 Å². The van der Waals surface area contributed by atoms with Gasteiger partial charge < -0.3 is 9.47 Å². The van der Waals surface area contributed by atoms with E-state index in [-0.39, 0.29) is 17.8 Å². The van der Waals surface area contributed by atoms with E-state index in [1.54, 1.807) is 25.9 Å². The van der Waals surface area contributed by atoms with E-state index in [0.717, 1.165) is 4.47 Å². The van der Waals surface area contributed by atoms with Crippen LogP contribution in [0.3, 0.4) is 0 Å². The monoisotopic (exact) mass is 452 g/mol. The Morgan fingerprint density at radius 1 is 1.37 bits per heavy atom. The standard InChI is InChI=1S/C19H21BrN2O4S/c1-5-14-17(23)22-16(12-9-11(20)7-8-13(12)25-4)15(18(24)26-6-2)10(3)21-19(22)27-14/h7-9,14,16H,5-6H2,1-4H3/t14-,16+/m0/s1. The first-order valence-corrected chi connectivity index (χ1v) is 10.4. The summed E-state index contributed by atoms with van der Waals surface area (Å²) >= 11 is 4.92. The van der Waals surface area contributed by atoms with Crippen molar-refractivity contribution < 1.29 is 19.1 Å². The third kappa shape index (κ3) is 3.52. The van der Waals surface area contributed by atoms with Gasteiger partial charge in [0.2, 0.25) is 5.91 Å². The number of carbonyl (C=O) groups excluding carboxylic acids is 2. The van der Waals surface area contributed by atoms with Gasteiger partial charge in [0.25, 0.3) is 0 Å². The van der Waals surface area contributed by atoms with Gasteiger partial charge in [-0.05, 0) is 38.5 Å². The normalized spacial score (nSPS) is 21.9. The predicted octanol–water partition coefficient (Wildman–Crippen LogP) is 4.06. The summed E-state index contributed by atoms with van der Waals surface area (Å²) in [6.45, 7) is 5.74. The number of amides is 1. The molecule has 1 fully saturated rings. The van der Waals surface area contributed by atoms with Crippen molar-refractivity contribution in [1.29, 1.82) is 0 Å². The van der Waals surface area contributed by atoms with Crippen LogP contribution in [0.15, 0.2) is 38.9 Å². The van der Waals surface area contributed by atoms with Crippen LogP contribution in [-0.4, -0.2) is 40.9 Å². The lowest BCUT2D eigenvalue weighted by Crippen LogP contribution is -2.41. The molecule has 0 unspecified atom stereocenters. The maximum absolute atomic E-state index is 13.1. The predicted molar refractivity (Wildman–Crippen MR) is 109 cm³/mol. The molecule has 6 nitrogen and oxygen atoms in total. The SMILES string of the molecule is CCOC(=O)C1=C(C)N=C2S[C@@H](CC)C(=O)N2[C@@H]1c1cc(Br)ccc1OC. The number of halogens is 1. The number of aliphatic imine (C=N–C) groups is 1. The third-order valence-corrected chi connectivity index (χ3v) is 6.32. The van der Waals surface area contributed by atoms with Crippen LogP contribution >= 0.6 is 27.7 Å². The summed E-state index contributed by atoms with van der Waals surface area (Å²) in [4.78, 5) is 32.0. The number of esters is 1. The Bertz CT molecular complexity index is 852. The van der Waals surface area contributed by atoms with E-state index in [9.17, 15) is 9.59 Å². The van der Waals surface area contributed by atoms with E-state index in [1.807, 2.05) is 25.1 Å². The Labute approximate surface area is 171 Å². The molecular weight excluding hydrogens is 432 g/mol. The molecule has 0 aliphatic carbocycles. The maximum atomic E-state index is 13.1. The second-order valence-electron chi connectivity index (χ2n) is 6.13. The van der Waals surface area contributed by atoms with E-state index in [1.165, 1.54) is 11.8 Å². The summed E-state index contributed by atoms with van der Waals surface area (Å²) < 4.78 is 11.6. The summed E-state index contributed by atoms with van der Waals surface area (Å²) in [6, 6.07) is 4.90. The van der Waals surface area contributed by atoms with Crippen molar-refractivity contribution in [3.05, 3.63) is 39.5 Å². The van der Waals surface area contributed by atoms with Crippen molar-refractivity contribution in [3.63, 3.8) is 0 Å². The molecule has 144 valence electrons. The Kier molecular flexibility index (Phi) is 5.95. The molecule has 0 N–H and O–H groups in total. The number of hydrogen-bond donors (Lipinski definition) is 0. The van der Waals surface area contributed by atoms with Gasteiger partial charge in [0, 0.05) is 10.0 Å². The molecule has 1 amide bonds. The topological polar surface area (TPSA) is 68.2 Å². The number of amidine groups is 1. The zero-order chi connectivity index (χ0) is 19.7. The van der Waals surface area contributed by atoms with Crippen molar-refractivity contribution >= 4 is 44.7 Å². The summed E-state index contributed by atoms with van der Waals surface area (Å²) in [5.41, 5.74) is 1.64. The number of methoxy groups -OCH3 is 1. The zero-order valence-corrected chi connectivity index (χ0v) is 18.0. The quantitative estimate of drug-likeness (QED) is 0.629. The van der Waals surface area contributed by atoms with E-state index in [4.69, 9.17) is 9.47 Å². The lowest BCUT2D eigenvalue weighted by molar-refractivity contribution is -0.139. The molecule has 2 heterocycles. The fraction of sp³-hybridized carbons (Fsp3) is 0.421. The number of allylic oxidation sites excluding steroid dienone is 1. The molecule has 8 heteroatoms. The number of hydrogen-bond acceptors (Lipinski definition) is 6. The Hall–Kier alpha value is -1.80. The van der Waals surface area contributed by atoms with Crippen molar-refractivity contribution in [2.24, 2.45) is 4.99 Å². The highest BCUT2D eigenvalue weighted by Gasteiger charge is 2.48. The first-order chi connectivity index (χ1) is 12.9. The first-order valence-electron chi connectivity index (χ1n) is 8.72. The highest BCUT2D eigenvalue weighted by atomic mass is 79.9. The van der Waals surface area contributed by atoms with Crippen LogP contribution in [0.1, 0.15) is 38.8 Å². The second-order valence-corrected chi connectivity index (χ2v) is 8.21. The van der Waals surface area contributed by atoms with Crippen molar-refractivity contribution in [1.82, 2.24) is 4.90 Å².